The maximum Gasteiger partial charge on any atom is 0.358 e. The Bertz CT molecular complexity index is 1450. The van der Waals surface area contributed by atoms with Crippen molar-refractivity contribution in [3.05, 3.63) is 97.6 Å². The van der Waals surface area contributed by atoms with Crippen LogP contribution in [0.15, 0.2) is 59.4 Å². The van der Waals surface area contributed by atoms with Crippen LogP contribution in [0.2, 0.25) is 10.2 Å². The summed E-state index contributed by atoms with van der Waals surface area (Å²) >= 11 is 12.7. The number of carbonyl (C=O) groups excluding carboxylic acids is 1. The second-order valence-electron chi connectivity index (χ2n) is 8.16. The lowest BCUT2D eigenvalue weighted by Gasteiger charge is -2.27. The number of fused-ring (bicyclic) bond motifs is 1. The molecule has 178 valence electrons. The maximum atomic E-state index is 12.9. The molecule has 0 amide bonds. The lowest BCUT2D eigenvalue weighted by atomic mass is 10.1. The molecule has 2 aromatic carbocycles. The summed E-state index contributed by atoms with van der Waals surface area (Å²) in [7, 11) is 1.31. The number of nitrogens with zero attached hydrogens (tertiary/aromatic N) is 4. The van der Waals surface area contributed by atoms with Gasteiger partial charge in [-0.05, 0) is 36.4 Å². The molecule has 1 aliphatic rings. The minimum atomic E-state index is -0.568. The van der Waals surface area contributed by atoms with Gasteiger partial charge in [0, 0.05) is 42.2 Å². The second-order valence-corrected chi connectivity index (χ2v) is 8.96. The molecule has 0 unspecified atom stereocenters. The van der Waals surface area contributed by atoms with E-state index in [0.29, 0.717) is 53.2 Å². The fraction of sp³-hybridized carbons (Fsp3) is 0.200. The van der Waals surface area contributed by atoms with E-state index in [2.05, 4.69) is 10.1 Å². The van der Waals surface area contributed by atoms with E-state index in [0.717, 1.165) is 16.9 Å². The highest BCUT2D eigenvalue weighted by Gasteiger charge is 2.28. The van der Waals surface area contributed by atoms with Crippen molar-refractivity contribution in [3.63, 3.8) is 0 Å². The predicted molar refractivity (Wildman–Crippen MR) is 133 cm³/mol. The highest BCUT2D eigenvalue weighted by molar-refractivity contribution is 6.31. The smallest absolute Gasteiger partial charge is 0.358 e. The number of carbonyl (C=O) groups is 1. The molecule has 0 saturated carbocycles. The fourth-order valence-corrected chi connectivity index (χ4v) is 4.57. The van der Waals surface area contributed by atoms with Crippen molar-refractivity contribution >= 4 is 29.2 Å². The first kappa shape index (κ1) is 23.3. The van der Waals surface area contributed by atoms with Crippen LogP contribution in [0.3, 0.4) is 0 Å². The molecule has 1 N–H and O–H groups in total. The van der Waals surface area contributed by atoms with Crippen molar-refractivity contribution in [3.8, 4) is 17.1 Å². The number of aromatic nitrogens is 4. The summed E-state index contributed by atoms with van der Waals surface area (Å²) in [6.45, 7) is 1.33. The van der Waals surface area contributed by atoms with Gasteiger partial charge in [0.15, 0.2) is 5.69 Å². The quantitative estimate of drug-likeness (QED) is 0.403. The van der Waals surface area contributed by atoms with Crippen LogP contribution in [0.1, 0.15) is 27.3 Å². The number of ether oxygens (including phenoxy) is 1. The molecule has 0 radical (unpaired) electrons. The van der Waals surface area contributed by atoms with Gasteiger partial charge < -0.3 is 9.72 Å². The van der Waals surface area contributed by atoms with Gasteiger partial charge in [-0.15, -0.1) is 0 Å². The van der Waals surface area contributed by atoms with E-state index >= 15 is 0 Å². The van der Waals surface area contributed by atoms with Crippen LogP contribution >= 0.6 is 23.2 Å². The number of rotatable bonds is 5. The average molecular weight is 510 g/mol. The van der Waals surface area contributed by atoms with Crippen LogP contribution in [0.25, 0.3) is 17.1 Å². The monoisotopic (exact) mass is 509 g/mol. The zero-order valence-corrected chi connectivity index (χ0v) is 20.3. The van der Waals surface area contributed by atoms with E-state index < -0.39 is 5.97 Å². The second kappa shape index (κ2) is 9.65. The topological polar surface area (TPSA) is 93.1 Å². The molecule has 2 aromatic heterocycles. The van der Waals surface area contributed by atoms with E-state index in [4.69, 9.17) is 32.9 Å². The standard InChI is InChI=1S/C25H21Cl2N5O3/c1-35-25(34)21-19(22(27)32(30-21)17-5-3-2-4-6-17)14-31-12-11-20-18(13-31)24(33)29-23(28-20)15-7-9-16(26)10-8-15/h2-10H,11-14H2,1H3,(H,28,29,33). The first-order chi connectivity index (χ1) is 16.9. The molecule has 0 aliphatic carbocycles. The number of esters is 1. The minimum Gasteiger partial charge on any atom is -0.464 e. The number of aromatic amines is 1. The van der Waals surface area contributed by atoms with Crippen molar-refractivity contribution in [1.82, 2.24) is 24.6 Å². The molecule has 0 saturated heterocycles. The fourth-order valence-electron chi connectivity index (χ4n) is 4.15. The Morgan fingerprint density at radius 3 is 2.57 bits per heavy atom. The van der Waals surface area contributed by atoms with Gasteiger partial charge in [-0.25, -0.2) is 14.5 Å². The largest absolute Gasteiger partial charge is 0.464 e. The summed E-state index contributed by atoms with van der Waals surface area (Å²) in [5, 5.41) is 5.37. The number of halogens is 2. The van der Waals surface area contributed by atoms with Gasteiger partial charge in [0.1, 0.15) is 11.0 Å². The van der Waals surface area contributed by atoms with Gasteiger partial charge in [0.2, 0.25) is 0 Å². The molecule has 5 rings (SSSR count). The van der Waals surface area contributed by atoms with Crippen LogP contribution in [-0.4, -0.2) is 44.3 Å². The van der Waals surface area contributed by atoms with Gasteiger partial charge in [0.05, 0.1) is 24.1 Å². The molecule has 4 aromatic rings. The third-order valence-corrected chi connectivity index (χ3v) is 6.59. The third-order valence-electron chi connectivity index (χ3n) is 5.95. The molecule has 1 aliphatic heterocycles. The van der Waals surface area contributed by atoms with Gasteiger partial charge >= 0.3 is 5.97 Å². The molecule has 0 fully saturated rings. The summed E-state index contributed by atoms with van der Waals surface area (Å²) in [6.07, 6.45) is 0.581. The van der Waals surface area contributed by atoms with Crippen LogP contribution in [0.5, 0.6) is 0 Å². The Balaban J connectivity index is 1.44. The Kier molecular flexibility index (Phi) is 6.42. The van der Waals surface area contributed by atoms with Gasteiger partial charge in [-0.2, -0.15) is 5.10 Å². The summed E-state index contributed by atoms with van der Waals surface area (Å²) in [5.41, 5.74) is 3.39. The van der Waals surface area contributed by atoms with E-state index in [1.807, 2.05) is 47.4 Å². The Morgan fingerprint density at radius 2 is 1.86 bits per heavy atom. The van der Waals surface area contributed by atoms with E-state index in [1.54, 1.807) is 12.1 Å². The zero-order valence-electron chi connectivity index (χ0n) is 18.8. The molecule has 3 heterocycles. The SMILES string of the molecule is COC(=O)c1nn(-c2ccccc2)c(Cl)c1CN1CCc2nc(-c3ccc(Cl)cc3)[nH]c(=O)c2C1. The molecule has 0 spiro atoms. The molecule has 10 heteroatoms. The summed E-state index contributed by atoms with van der Waals surface area (Å²) < 4.78 is 6.46. The Labute approximate surface area is 211 Å². The van der Waals surface area contributed by atoms with Crippen LogP contribution in [0, 0.1) is 0 Å². The van der Waals surface area contributed by atoms with Gasteiger partial charge in [-0.3, -0.25) is 9.69 Å². The molecule has 0 atom stereocenters. The van der Waals surface area contributed by atoms with Crippen LogP contribution < -0.4 is 5.56 Å². The normalized spacial score (nSPS) is 13.5. The summed E-state index contributed by atoms with van der Waals surface area (Å²) in [5.74, 6) is -0.0554. The molecular formula is C25H21Cl2N5O3. The van der Waals surface area contributed by atoms with E-state index in [-0.39, 0.29) is 11.3 Å². The Morgan fingerprint density at radius 1 is 1.11 bits per heavy atom. The van der Waals surface area contributed by atoms with E-state index in [1.165, 1.54) is 11.8 Å². The molecular weight excluding hydrogens is 489 g/mol. The van der Waals surface area contributed by atoms with Crippen molar-refractivity contribution in [2.45, 2.75) is 19.5 Å². The first-order valence-corrected chi connectivity index (χ1v) is 11.7. The Hall–Kier alpha value is -3.46. The number of benzene rings is 2. The van der Waals surface area contributed by atoms with Crippen LogP contribution in [-0.2, 0) is 24.2 Å². The minimum absolute atomic E-state index is 0.150. The van der Waals surface area contributed by atoms with Crippen molar-refractivity contribution < 1.29 is 9.53 Å². The lowest BCUT2D eigenvalue weighted by molar-refractivity contribution is 0.0591. The zero-order chi connectivity index (χ0) is 24.5. The number of methoxy groups -OCH3 is 1. The number of hydrogen-bond donors (Lipinski definition) is 1. The maximum absolute atomic E-state index is 12.9. The predicted octanol–water partition coefficient (Wildman–Crippen LogP) is 4.27. The average Bonchev–Trinajstić information content (AvgIpc) is 3.20. The van der Waals surface area contributed by atoms with Crippen molar-refractivity contribution in [2.24, 2.45) is 0 Å². The van der Waals surface area contributed by atoms with Crippen molar-refractivity contribution in [1.29, 1.82) is 0 Å². The van der Waals surface area contributed by atoms with E-state index in [9.17, 15) is 9.59 Å². The highest BCUT2D eigenvalue weighted by Crippen LogP contribution is 2.28. The molecule has 35 heavy (non-hydrogen) atoms. The number of hydrogen-bond acceptors (Lipinski definition) is 6. The third kappa shape index (κ3) is 4.60. The first-order valence-electron chi connectivity index (χ1n) is 11.0. The number of H-pyrrole nitrogens is 1. The van der Waals surface area contributed by atoms with Gasteiger partial charge in [-0.1, -0.05) is 41.4 Å². The van der Waals surface area contributed by atoms with Crippen molar-refractivity contribution in [2.75, 3.05) is 13.7 Å². The number of nitrogens with one attached hydrogen (secondary N) is 1. The highest BCUT2D eigenvalue weighted by atomic mass is 35.5. The lowest BCUT2D eigenvalue weighted by Crippen LogP contribution is -2.35. The van der Waals surface area contributed by atoms with Crippen LogP contribution in [0.4, 0.5) is 0 Å². The molecule has 0 bridgehead atoms. The van der Waals surface area contributed by atoms with Gasteiger partial charge in [0.25, 0.3) is 5.56 Å². The summed E-state index contributed by atoms with van der Waals surface area (Å²) in [4.78, 5) is 35.0. The number of para-hydroxylation sites is 1. The summed E-state index contributed by atoms with van der Waals surface area (Å²) in [6, 6.07) is 16.5. The molecule has 8 nitrogen and oxygen atoms in total.